The van der Waals surface area contributed by atoms with E-state index in [1.807, 2.05) is 0 Å². The maximum Gasteiger partial charge on any atom is 0.337 e. The molecule has 0 aliphatic rings. The maximum atomic E-state index is 10.5. The summed E-state index contributed by atoms with van der Waals surface area (Å²) >= 11 is 0. The lowest BCUT2D eigenvalue weighted by Crippen LogP contribution is -1.95. The first-order valence-electron chi connectivity index (χ1n) is 3.16. The molecular weight excluding hydrogens is 194 g/mol. The van der Waals surface area contributed by atoms with E-state index in [1.165, 1.54) is 18.2 Å². The number of benzene rings is 1. The van der Waals surface area contributed by atoms with Crippen LogP contribution in [0, 0.1) is 0 Å². The molecule has 0 saturated heterocycles. The van der Waals surface area contributed by atoms with Crippen LogP contribution < -0.4 is 0 Å². The number of para-hydroxylation sites is 1. The van der Waals surface area contributed by atoms with Crippen LogP contribution in [-0.4, -0.2) is 17.2 Å². The van der Waals surface area contributed by atoms with Gasteiger partial charge >= 0.3 is 5.97 Å². The second-order valence-electron chi connectivity index (χ2n) is 2.03. The van der Waals surface area contributed by atoms with Gasteiger partial charge in [0.25, 0.3) is 0 Å². The standard InChI is InChI=1S/C8H5NO3.ClH/c10-5-9-7-4-2-1-3-6(7)8(11)12;/h1-4H,(H,11,12);1H. The number of aliphatic imine (C=N–C) groups is 1. The largest absolute Gasteiger partial charge is 0.478 e. The van der Waals surface area contributed by atoms with Crippen LogP contribution in [0.25, 0.3) is 0 Å². The van der Waals surface area contributed by atoms with E-state index in [4.69, 9.17) is 5.11 Å². The van der Waals surface area contributed by atoms with Crippen LogP contribution in [0.1, 0.15) is 10.4 Å². The third-order valence-corrected chi connectivity index (χ3v) is 1.30. The van der Waals surface area contributed by atoms with Crippen molar-refractivity contribution in [3.05, 3.63) is 29.8 Å². The number of nitrogens with zero attached hydrogens (tertiary/aromatic N) is 1. The average Bonchev–Trinajstić information content (AvgIpc) is 2.05. The van der Waals surface area contributed by atoms with Crippen LogP contribution in [-0.2, 0) is 4.79 Å². The molecule has 0 unspecified atom stereocenters. The van der Waals surface area contributed by atoms with E-state index in [2.05, 4.69) is 4.99 Å². The number of carboxylic acids is 1. The van der Waals surface area contributed by atoms with Gasteiger partial charge < -0.3 is 5.11 Å². The van der Waals surface area contributed by atoms with Crippen LogP contribution in [0.4, 0.5) is 5.69 Å². The summed E-state index contributed by atoms with van der Waals surface area (Å²) in [7, 11) is 0. The smallest absolute Gasteiger partial charge is 0.337 e. The zero-order valence-corrected chi connectivity index (χ0v) is 7.25. The number of carboxylic acid groups (broad SMARTS) is 1. The van der Waals surface area contributed by atoms with Gasteiger partial charge in [-0.3, -0.25) is 0 Å². The minimum atomic E-state index is -1.11. The molecule has 0 amide bonds. The second-order valence-corrected chi connectivity index (χ2v) is 2.03. The van der Waals surface area contributed by atoms with Crippen molar-refractivity contribution in [1.82, 2.24) is 0 Å². The molecule has 0 aliphatic heterocycles. The van der Waals surface area contributed by atoms with E-state index in [1.54, 1.807) is 12.1 Å². The molecule has 68 valence electrons. The molecule has 1 rings (SSSR count). The summed E-state index contributed by atoms with van der Waals surface area (Å²) in [5.74, 6) is -1.11. The normalized spacial score (nSPS) is 8.00. The lowest BCUT2D eigenvalue weighted by molar-refractivity contribution is 0.0698. The Hall–Kier alpha value is -1.64. The molecule has 13 heavy (non-hydrogen) atoms. The van der Waals surface area contributed by atoms with E-state index in [9.17, 15) is 9.59 Å². The first-order chi connectivity index (χ1) is 5.75. The highest BCUT2D eigenvalue weighted by molar-refractivity contribution is 5.93. The summed E-state index contributed by atoms with van der Waals surface area (Å²) in [6, 6.07) is 5.97. The lowest BCUT2D eigenvalue weighted by Gasteiger charge is -1.95. The number of isocyanates is 1. The number of rotatable bonds is 2. The lowest BCUT2D eigenvalue weighted by atomic mass is 10.2. The SMILES string of the molecule is Cl.O=C=Nc1ccccc1C(=O)O. The van der Waals surface area contributed by atoms with Gasteiger partial charge in [0.05, 0.1) is 11.3 Å². The van der Waals surface area contributed by atoms with Crippen molar-refractivity contribution < 1.29 is 14.7 Å². The number of carbonyl (C=O) groups excluding carboxylic acids is 1. The van der Waals surface area contributed by atoms with Gasteiger partial charge in [0.1, 0.15) is 0 Å². The first kappa shape index (κ1) is 11.4. The number of aromatic carboxylic acids is 1. The fraction of sp³-hybridized carbons (Fsp3) is 0. The van der Waals surface area contributed by atoms with Gasteiger partial charge in [0, 0.05) is 0 Å². The molecule has 0 fully saturated rings. The van der Waals surface area contributed by atoms with E-state index >= 15 is 0 Å². The van der Waals surface area contributed by atoms with Gasteiger partial charge in [0.2, 0.25) is 6.08 Å². The summed E-state index contributed by atoms with van der Waals surface area (Å²) in [4.78, 5) is 23.6. The minimum absolute atomic E-state index is 0. The molecule has 0 spiro atoms. The predicted octanol–water partition coefficient (Wildman–Crippen LogP) is 1.77. The molecule has 1 aromatic carbocycles. The molecule has 0 bridgehead atoms. The highest BCUT2D eigenvalue weighted by Crippen LogP contribution is 2.17. The summed E-state index contributed by atoms with van der Waals surface area (Å²) in [5.41, 5.74) is 0.126. The second kappa shape index (κ2) is 5.09. The summed E-state index contributed by atoms with van der Waals surface area (Å²) in [6.07, 6.45) is 1.29. The van der Waals surface area contributed by atoms with Crippen LogP contribution in [0.3, 0.4) is 0 Å². The monoisotopic (exact) mass is 199 g/mol. The fourth-order valence-electron chi connectivity index (χ4n) is 0.801. The first-order valence-corrected chi connectivity index (χ1v) is 3.16. The minimum Gasteiger partial charge on any atom is -0.478 e. The Morgan fingerprint density at radius 1 is 1.38 bits per heavy atom. The van der Waals surface area contributed by atoms with Gasteiger partial charge in [-0.05, 0) is 12.1 Å². The van der Waals surface area contributed by atoms with E-state index < -0.39 is 5.97 Å². The third-order valence-electron chi connectivity index (χ3n) is 1.30. The molecule has 0 saturated carbocycles. The van der Waals surface area contributed by atoms with Gasteiger partial charge in [0.15, 0.2) is 0 Å². The van der Waals surface area contributed by atoms with E-state index in [0.29, 0.717) is 0 Å². The fourth-order valence-corrected chi connectivity index (χ4v) is 0.801. The molecule has 5 heteroatoms. The third kappa shape index (κ3) is 2.71. The average molecular weight is 200 g/mol. The predicted molar refractivity (Wildman–Crippen MR) is 48.4 cm³/mol. The molecule has 4 nitrogen and oxygen atoms in total. The Morgan fingerprint density at radius 2 is 2.00 bits per heavy atom. The highest BCUT2D eigenvalue weighted by atomic mass is 35.5. The molecule has 0 aliphatic carbocycles. The number of carbonyl (C=O) groups is 1. The van der Waals surface area contributed by atoms with Gasteiger partial charge in [-0.15, -0.1) is 12.4 Å². The maximum absolute atomic E-state index is 10.5. The van der Waals surface area contributed by atoms with Crippen molar-refractivity contribution in [1.29, 1.82) is 0 Å². The zero-order valence-electron chi connectivity index (χ0n) is 6.43. The van der Waals surface area contributed by atoms with E-state index in [0.717, 1.165) is 0 Å². The molecule has 1 N–H and O–H groups in total. The van der Waals surface area contributed by atoms with Crippen molar-refractivity contribution in [2.45, 2.75) is 0 Å². The Balaban J connectivity index is 0.00000144. The number of hydrogen-bond donors (Lipinski definition) is 1. The van der Waals surface area contributed by atoms with Crippen molar-refractivity contribution >= 4 is 30.1 Å². The summed E-state index contributed by atoms with van der Waals surface area (Å²) in [6.45, 7) is 0. The van der Waals surface area contributed by atoms with Crippen molar-refractivity contribution in [3.63, 3.8) is 0 Å². The number of hydrogen-bond acceptors (Lipinski definition) is 3. The Morgan fingerprint density at radius 3 is 2.54 bits per heavy atom. The van der Waals surface area contributed by atoms with Crippen molar-refractivity contribution in [2.75, 3.05) is 0 Å². The Kier molecular flexibility index (Phi) is 4.44. The molecular formula is C8H6ClNO3. The van der Waals surface area contributed by atoms with Crippen LogP contribution in [0.5, 0.6) is 0 Å². The van der Waals surface area contributed by atoms with Crippen LogP contribution in [0.2, 0.25) is 0 Å². The van der Waals surface area contributed by atoms with Crippen LogP contribution in [0.15, 0.2) is 29.3 Å². The highest BCUT2D eigenvalue weighted by Gasteiger charge is 2.06. The zero-order chi connectivity index (χ0) is 8.97. The molecule has 0 heterocycles. The molecule has 0 atom stereocenters. The quantitative estimate of drug-likeness (QED) is 0.583. The van der Waals surface area contributed by atoms with Crippen molar-refractivity contribution in [2.24, 2.45) is 4.99 Å². The van der Waals surface area contributed by atoms with Crippen molar-refractivity contribution in [3.8, 4) is 0 Å². The topological polar surface area (TPSA) is 66.7 Å². The van der Waals surface area contributed by atoms with Gasteiger partial charge in [-0.2, -0.15) is 4.99 Å². The Labute approximate surface area is 80.3 Å². The Bertz CT molecular complexity index is 337. The molecule has 0 aromatic heterocycles. The van der Waals surface area contributed by atoms with Gasteiger partial charge in [-0.25, -0.2) is 9.59 Å². The number of halogens is 1. The summed E-state index contributed by atoms with van der Waals surface area (Å²) in [5, 5.41) is 8.60. The van der Waals surface area contributed by atoms with Crippen LogP contribution >= 0.6 is 12.4 Å². The molecule has 1 aromatic rings. The van der Waals surface area contributed by atoms with E-state index in [-0.39, 0.29) is 23.7 Å². The molecule has 0 radical (unpaired) electrons. The van der Waals surface area contributed by atoms with Gasteiger partial charge in [-0.1, -0.05) is 12.1 Å². The summed E-state index contributed by atoms with van der Waals surface area (Å²) < 4.78 is 0.